The van der Waals surface area contributed by atoms with Crippen molar-refractivity contribution in [2.24, 2.45) is 0 Å². The van der Waals surface area contributed by atoms with Crippen molar-refractivity contribution >= 4 is 0 Å². The van der Waals surface area contributed by atoms with Crippen LogP contribution in [0.15, 0.2) is 18.3 Å². The molecule has 0 bridgehead atoms. The Morgan fingerprint density at radius 2 is 1.88 bits per heavy atom. The lowest BCUT2D eigenvalue weighted by molar-refractivity contribution is -0.141. The molecule has 0 spiro atoms. The van der Waals surface area contributed by atoms with Crippen LogP contribution in [0.25, 0.3) is 5.82 Å². The van der Waals surface area contributed by atoms with E-state index in [0.29, 0.717) is 17.3 Å². The van der Waals surface area contributed by atoms with Crippen LogP contribution < -0.4 is 0 Å². The Hall–Kier alpha value is -1.92. The first-order chi connectivity index (χ1) is 7.86. The maximum Gasteiger partial charge on any atom is 0.435 e. The molecule has 0 aliphatic rings. The molecular weight excluding hydrogens is 233 g/mol. The molecule has 0 unspecified atom stereocenters. The smallest absolute Gasteiger partial charge is 0.238 e. The van der Waals surface area contributed by atoms with Gasteiger partial charge in [-0.3, -0.25) is 0 Å². The Balaban J connectivity index is 2.44. The van der Waals surface area contributed by atoms with Crippen LogP contribution >= 0.6 is 0 Å². The predicted molar refractivity (Wildman–Crippen MR) is 53.6 cm³/mol. The van der Waals surface area contributed by atoms with E-state index in [1.54, 1.807) is 19.9 Å². The third kappa shape index (κ3) is 2.43. The van der Waals surface area contributed by atoms with E-state index in [9.17, 15) is 13.2 Å². The average Bonchev–Trinajstić information content (AvgIpc) is 2.63. The van der Waals surface area contributed by atoms with Crippen LogP contribution in [0.3, 0.4) is 0 Å². The molecule has 4 nitrogen and oxygen atoms in total. The molecule has 0 atom stereocenters. The Labute approximate surface area is 95.1 Å². The van der Waals surface area contributed by atoms with Crippen molar-refractivity contribution in [1.29, 1.82) is 0 Å². The highest BCUT2D eigenvalue weighted by molar-refractivity contribution is 5.24. The van der Waals surface area contributed by atoms with E-state index in [1.165, 1.54) is 6.20 Å². The van der Waals surface area contributed by atoms with Crippen LogP contribution in [-0.2, 0) is 6.18 Å². The highest BCUT2D eigenvalue weighted by Gasteiger charge is 2.33. The molecule has 0 aliphatic carbocycles. The van der Waals surface area contributed by atoms with Crippen LogP contribution in [0.4, 0.5) is 13.2 Å². The summed E-state index contributed by atoms with van der Waals surface area (Å²) in [6.07, 6.45) is -3.22. The Bertz CT molecular complexity index is 524. The monoisotopic (exact) mass is 242 g/mol. The fourth-order valence-electron chi connectivity index (χ4n) is 1.42. The predicted octanol–water partition coefficient (Wildman–Crippen LogP) is 2.30. The standard InChI is InChI=1S/C10H9F3N4/c1-6-5-9(15-7(2)14-6)17-4-3-8(16-17)10(11,12)13/h3-5H,1-2H3. The lowest BCUT2D eigenvalue weighted by Gasteiger charge is -2.04. The molecular formula is C10H9F3N4. The SMILES string of the molecule is Cc1cc(-n2ccc(C(F)(F)F)n2)nc(C)n1. The molecule has 0 radical (unpaired) electrons. The molecule has 2 heterocycles. The maximum atomic E-state index is 12.4. The number of halogens is 3. The third-order valence-electron chi connectivity index (χ3n) is 2.07. The first-order valence-corrected chi connectivity index (χ1v) is 4.82. The second kappa shape index (κ2) is 3.83. The number of nitrogens with zero attached hydrogens (tertiary/aromatic N) is 4. The van der Waals surface area contributed by atoms with Gasteiger partial charge in [0.2, 0.25) is 0 Å². The van der Waals surface area contributed by atoms with Gasteiger partial charge >= 0.3 is 6.18 Å². The maximum absolute atomic E-state index is 12.4. The third-order valence-corrected chi connectivity index (χ3v) is 2.07. The van der Waals surface area contributed by atoms with E-state index < -0.39 is 11.9 Å². The number of alkyl halides is 3. The normalized spacial score (nSPS) is 11.8. The van der Waals surface area contributed by atoms with Crippen molar-refractivity contribution in [3.8, 4) is 5.82 Å². The van der Waals surface area contributed by atoms with Gasteiger partial charge in [-0.05, 0) is 19.9 Å². The van der Waals surface area contributed by atoms with E-state index in [4.69, 9.17) is 0 Å². The minimum Gasteiger partial charge on any atom is -0.238 e. The Morgan fingerprint density at radius 3 is 2.41 bits per heavy atom. The summed E-state index contributed by atoms with van der Waals surface area (Å²) < 4.78 is 38.2. The quantitative estimate of drug-likeness (QED) is 0.770. The molecule has 7 heteroatoms. The topological polar surface area (TPSA) is 43.6 Å². The fraction of sp³-hybridized carbons (Fsp3) is 0.300. The zero-order valence-corrected chi connectivity index (χ0v) is 9.15. The fourth-order valence-corrected chi connectivity index (χ4v) is 1.42. The van der Waals surface area contributed by atoms with E-state index >= 15 is 0 Å². The molecule has 2 rings (SSSR count). The number of aryl methyl sites for hydroxylation is 2. The molecule has 90 valence electrons. The zero-order valence-electron chi connectivity index (χ0n) is 9.15. The molecule has 0 N–H and O–H groups in total. The van der Waals surface area contributed by atoms with Gasteiger partial charge in [-0.25, -0.2) is 14.6 Å². The second-order valence-corrected chi connectivity index (χ2v) is 3.56. The van der Waals surface area contributed by atoms with Gasteiger partial charge in [0.25, 0.3) is 0 Å². The summed E-state index contributed by atoms with van der Waals surface area (Å²) in [6, 6.07) is 2.48. The summed E-state index contributed by atoms with van der Waals surface area (Å²) in [5.41, 5.74) is -0.261. The van der Waals surface area contributed by atoms with Crippen LogP contribution in [-0.4, -0.2) is 19.7 Å². The number of hydrogen-bond acceptors (Lipinski definition) is 3. The molecule has 0 aromatic carbocycles. The van der Waals surface area contributed by atoms with E-state index in [2.05, 4.69) is 15.1 Å². The van der Waals surface area contributed by atoms with Gasteiger partial charge < -0.3 is 0 Å². The van der Waals surface area contributed by atoms with Gasteiger partial charge in [-0.15, -0.1) is 0 Å². The van der Waals surface area contributed by atoms with Crippen LogP contribution in [0.2, 0.25) is 0 Å². The lowest BCUT2D eigenvalue weighted by Crippen LogP contribution is -2.08. The molecule has 0 saturated carbocycles. The minimum atomic E-state index is -4.44. The van der Waals surface area contributed by atoms with Crippen molar-refractivity contribution in [2.75, 3.05) is 0 Å². The molecule has 0 fully saturated rings. The highest BCUT2D eigenvalue weighted by Crippen LogP contribution is 2.27. The zero-order chi connectivity index (χ0) is 12.6. The van der Waals surface area contributed by atoms with Crippen LogP contribution in [0.5, 0.6) is 0 Å². The van der Waals surface area contributed by atoms with Crippen molar-refractivity contribution in [1.82, 2.24) is 19.7 Å². The van der Waals surface area contributed by atoms with Crippen LogP contribution in [0, 0.1) is 13.8 Å². The largest absolute Gasteiger partial charge is 0.435 e. The van der Waals surface area contributed by atoms with Crippen molar-refractivity contribution in [3.63, 3.8) is 0 Å². The van der Waals surface area contributed by atoms with Gasteiger partial charge in [-0.2, -0.15) is 18.3 Å². The van der Waals surface area contributed by atoms with E-state index in [0.717, 1.165) is 10.7 Å². The van der Waals surface area contributed by atoms with Crippen molar-refractivity contribution in [2.45, 2.75) is 20.0 Å². The summed E-state index contributed by atoms with van der Waals surface area (Å²) in [6.45, 7) is 3.41. The van der Waals surface area contributed by atoms with Gasteiger partial charge in [0, 0.05) is 18.0 Å². The first-order valence-electron chi connectivity index (χ1n) is 4.82. The molecule has 2 aromatic heterocycles. The molecule has 0 saturated heterocycles. The molecule has 17 heavy (non-hydrogen) atoms. The number of rotatable bonds is 1. The summed E-state index contributed by atoms with van der Waals surface area (Å²) in [4.78, 5) is 8.06. The minimum absolute atomic E-state index is 0.325. The summed E-state index contributed by atoms with van der Waals surface area (Å²) >= 11 is 0. The van der Waals surface area contributed by atoms with Gasteiger partial charge in [0.1, 0.15) is 5.82 Å². The van der Waals surface area contributed by atoms with E-state index in [1.807, 2.05) is 0 Å². The van der Waals surface area contributed by atoms with Crippen molar-refractivity contribution < 1.29 is 13.2 Å². The summed E-state index contributed by atoms with van der Waals surface area (Å²) in [5, 5.41) is 3.44. The van der Waals surface area contributed by atoms with E-state index in [-0.39, 0.29) is 0 Å². The second-order valence-electron chi connectivity index (χ2n) is 3.56. The molecule has 0 aliphatic heterocycles. The summed E-state index contributed by atoms with van der Waals surface area (Å²) in [5.74, 6) is 0.814. The van der Waals surface area contributed by atoms with Crippen molar-refractivity contribution in [3.05, 3.63) is 35.5 Å². The highest BCUT2D eigenvalue weighted by atomic mass is 19.4. The summed E-state index contributed by atoms with van der Waals surface area (Å²) in [7, 11) is 0. The van der Waals surface area contributed by atoms with Gasteiger partial charge in [0.05, 0.1) is 0 Å². The number of aromatic nitrogens is 4. The van der Waals surface area contributed by atoms with Gasteiger partial charge in [-0.1, -0.05) is 0 Å². The number of hydrogen-bond donors (Lipinski definition) is 0. The Morgan fingerprint density at radius 1 is 1.18 bits per heavy atom. The molecule has 2 aromatic rings. The Kier molecular flexibility index (Phi) is 2.60. The van der Waals surface area contributed by atoms with Gasteiger partial charge in [0.15, 0.2) is 11.5 Å². The average molecular weight is 242 g/mol. The van der Waals surface area contributed by atoms with Crippen LogP contribution in [0.1, 0.15) is 17.2 Å². The molecule has 0 amide bonds. The lowest BCUT2D eigenvalue weighted by atomic mass is 10.4. The first kappa shape index (κ1) is 11.6.